The Labute approximate surface area is 278 Å². The molecule has 2 bridgehead atoms. The second-order valence-electron chi connectivity index (χ2n) is 15.6. The van der Waals surface area contributed by atoms with Crippen LogP contribution < -0.4 is 14.8 Å². The molecule has 0 radical (unpaired) electrons. The van der Waals surface area contributed by atoms with Crippen molar-refractivity contribution in [3.05, 3.63) is 23.9 Å². The SMILES string of the molecule is CCOc1ccc2nc3c(nc2c1)OC1CN(C(=O)C(C(C)(C)C)NC(=O)OC2CC4CC4C2CCCCC3)C(C(=O)C(C)C)C1C. The van der Waals surface area contributed by atoms with E-state index in [1.165, 1.54) is 6.42 Å². The standard InChI is InChI=1S/C37H52N4O6/c1-8-45-23-14-15-26-28(18-23)39-34-27(38-26)13-11-9-10-12-24-25-16-22(25)17-29(24)47-36(44)40-33(37(5,6)7)35(43)41-19-30(46-34)21(4)31(41)32(42)20(2)3/h14-15,18,20-22,24-25,29-31,33H,8-13,16-17,19H2,1-7H3,(H,40,44). The molecule has 3 fully saturated rings. The molecule has 10 heteroatoms. The zero-order chi connectivity index (χ0) is 33.6. The van der Waals surface area contributed by atoms with Crippen LogP contribution in [0.15, 0.2) is 18.2 Å². The molecule has 3 heterocycles. The Balaban J connectivity index is 1.38. The number of hydrogen-bond acceptors (Lipinski definition) is 8. The summed E-state index contributed by atoms with van der Waals surface area (Å²) in [6, 6.07) is 4.13. The third-order valence-corrected chi connectivity index (χ3v) is 10.8. The van der Waals surface area contributed by atoms with Gasteiger partial charge >= 0.3 is 6.09 Å². The number of nitrogens with one attached hydrogen (secondary N) is 1. The van der Waals surface area contributed by atoms with Gasteiger partial charge in [0.15, 0.2) is 5.78 Å². The first-order valence-corrected chi connectivity index (χ1v) is 17.8. The molecule has 8 atom stereocenters. The molecule has 256 valence electrons. The van der Waals surface area contributed by atoms with E-state index < -0.39 is 29.7 Å². The van der Waals surface area contributed by atoms with Crippen molar-refractivity contribution in [2.24, 2.45) is 35.0 Å². The molecular weight excluding hydrogens is 596 g/mol. The summed E-state index contributed by atoms with van der Waals surface area (Å²) < 4.78 is 18.5. The highest BCUT2D eigenvalue weighted by atomic mass is 16.6. The van der Waals surface area contributed by atoms with Gasteiger partial charge in [-0.05, 0) is 74.3 Å². The van der Waals surface area contributed by atoms with E-state index in [4.69, 9.17) is 24.2 Å². The summed E-state index contributed by atoms with van der Waals surface area (Å²) in [4.78, 5) is 53.3. The van der Waals surface area contributed by atoms with Crippen LogP contribution >= 0.6 is 0 Å². The lowest BCUT2D eigenvalue weighted by Gasteiger charge is -2.36. The Kier molecular flexibility index (Phi) is 9.42. The van der Waals surface area contributed by atoms with Gasteiger partial charge in [0, 0.05) is 17.9 Å². The average Bonchev–Trinajstić information content (AvgIpc) is 3.58. The first-order valence-electron chi connectivity index (χ1n) is 17.8. The Morgan fingerprint density at radius 3 is 2.55 bits per heavy atom. The van der Waals surface area contributed by atoms with Gasteiger partial charge in [-0.25, -0.2) is 14.8 Å². The maximum absolute atomic E-state index is 14.5. The lowest BCUT2D eigenvalue weighted by atomic mass is 9.85. The second-order valence-corrected chi connectivity index (χ2v) is 15.6. The van der Waals surface area contributed by atoms with Gasteiger partial charge < -0.3 is 24.4 Å². The fraction of sp³-hybridized carbons (Fsp3) is 0.703. The van der Waals surface area contributed by atoms with E-state index in [9.17, 15) is 14.4 Å². The molecule has 47 heavy (non-hydrogen) atoms. The third-order valence-electron chi connectivity index (χ3n) is 10.8. The molecule has 2 aromatic rings. The number of ketones is 1. The van der Waals surface area contributed by atoms with Gasteiger partial charge in [-0.1, -0.05) is 54.4 Å². The first-order chi connectivity index (χ1) is 22.3. The molecule has 6 rings (SSSR count). The molecule has 1 aromatic heterocycles. The van der Waals surface area contributed by atoms with Crippen LogP contribution in [0.25, 0.3) is 11.0 Å². The Morgan fingerprint density at radius 1 is 1.04 bits per heavy atom. The van der Waals surface area contributed by atoms with Gasteiger partial charge in [-0.2, -0.15) is 0 Å². The highest BCUT2D eigenvalue weighted by molar-refractivity contribution is 5.94. The zero-order valence-corrected chi connectivity index (χ0v) is 29.1. The topological polar surface area (TPSA) is 120 Å². The largest absolute Gasteiger partial charge is 0.494 e. The van der Waals surface area contributed by atoms with Gasteiger partial charge in [0.05, 0.1) is 30.2 Å². The van der Waals surface area contributed by atoms with Crippen molar-refractivity contribution in [1.29, 1.82) is 0 Å². The van der Waals surface area contributed by atoms with Crippen LogP contribution in [0, 0.1) is 35.0 Å². The normalized spacial score (nSPS) is 31.5. The number of aryl methyl sites for hydroxylation is 1. The predicted octanol–water partition coefficient (Wildman–Crippen LogP) is 6.13. The lowest BCUT2D eigenvalue weighted by Crippen LogP contribution is -2.58. The lowest BCUT2D eigenvalue weighted by molar-refractivity contribution is -0.143. The molecule has 1 saturated heterocycles. The number of ether oxygens (including phenoxy) is 3. The summed E-state index contributed by atoms with van der Waals surface area (Å²) >= 11 is 0. The third kappa shape index (κ3) is 6.93. The van der Waals surface area contributed by atoms with Crippen molar-refractivity contribution in [3.63, 3.8) is 0 Å². The van der Waals surface area contributed by atoms with E-state index in [1.54, 1.807) is 4.90 Å². The van der Waals surface area contributed by atoms with Crippen molar-refractivity contribution in [1.82, 2.24) is 20.2 Å². The number of rotatable bonds is 4. The zero-order valence-electron chi connectivity index (χ0n) is 29.1. The Bertz CT molecular complexity index is 1500. The minimum atomic E-state index is -0.885. The minimum absolute atomic E-state index is 0.0303. The maximum atomic E-state index is 14.5. The van der Waals surface area contributed by atoms with Crippen LogP contribution in [-0.2, 0) is 20.7 Å². The summed E-state index contributed by atoms with van der Waals surface area (Å²) in [5.74, 6) is 1.83. The van der Waals surface area contributed by atoms with Crippen LogP contribution in [0.5, 0.6) is 11.6 Å². The summed E-state index contributed by atoms with van der Waals surface area (Å²) in [7, 11) is 0. The molecular formula is C37H52N4O6. The number of carbonyl (C=O) groups excluding carboxylic acids is 3. The number of fused-ring (bicyclic) bond motifs is 7. The van der Waals surface area contributed by atoms with Crippen LogP contribution in [0.3, 0.4) is 0 Å². The van der Waals surface area contributed by atoms with Gasteiger partial charge in [0.2, 0.25) is 11.8 Å². The molecule has 10 nitrogen and oxygen atoms in total. The molecule has 2 aliphatic heterocycles. The van der Waals surface area contributed by atoms with Crippen molar-refractivity contribution >= 4 is 28.8 Å². The molecule has 4 aliphatic rings. The van der Waals surface area contributed by atoms with Crippen LogP contribution in [0.4, 0.5) is 4.79 Å². The van der Waals surface area contributed by atoms with Gasteiger partial charge in [-0.15, -0.1) is 0 Å². The number of alkyl carbamates (subject to hydrolysis) is 1. The molecule has 1 aromatic carbocycles. The number of hydrogen-bond donors (Lipinski definition) is 1. The Morgan fingerprint density at radius 2 is 1.83 bits per heavy atom. The van der Waals surface area contributed by atoms with Gasteiger partial charge in [0.1, 0.15) is 29.7 Å². The number of nitrogens with zero attached hydrogens (tertiary/aromatic N) is 3. The summed E-state index contributed by atoms with van der Waals surface area (Å²) in [5.41, 5.74) is 1.61. The van der Waals surface area contributed by atoms with Crippen LogP contribution in [0.2, 0.25) is 0 Å². The number of amides is 2. The number of Topliss-reactive ketones (excluding diaryl/α,β-unsaturated/α-hetero) is 1. The molecule has 8 unspecified atom stereocenters. The van der Waals surface area contributed by atoms with Crippen LogP contribution in [0.1, 0.15) is 92.7 Å². The van der Waals surface area contributed by atoms with E-state index in [0.717, 1.165) is 43.3 Å². The predicted molar refractivity (Wildman–Crippen MR) is 178 cm³/mol. The highest BCUT2D eigenvalue weighted by Crippen LogP contribution is 2.57. The summed E-state index contributed by atoms with van der Waals surface area (Å²) in [6.45, 7) is 14.1. The smallest absolute Gasteiger partial charge is 0.408 e. The molecule has 1 N–H and O–H groups in total. The minimum Gasteiger partial charge on any atom is -0.494 e. The van der Waals surface area contributed by atoms with Crippen LogP contribution in [-0.4, -0.2) is 70.1 Å². The van der Waals surface area contributed by atoms with Gasteiger partial charge in [-0.3, -0.25) is 9.59 Å². The average molecular weight is 649 g/mol. The Hall–Kier alpha value is -3.43. The molecule has 2 saturated carbocycles. The van der Waals surface area contributed by atoms with E-state index in [-0.39, 0.29) is 36.2 Å². The van der Waals surface area contributed by atoms with E-state index >= 15 is 0 Å². The highest BCUT2D eigenvalue weighted by Gasteiger charge is 2.55. The fourth-order valence-corrected chi connectivity index (χ4v) is 8.10. The maximum Gasteiger partial charge on any atom is 0.408 e. The molecule has 0 spiro atoms. The number of aromatic nitrogens is 2. The van der Waals surface area contributed by atoms with Crippen molar-refractivity contribution < 1.29 is 28.6 Å². The van der Waals surface area contributed by atoms with E-state index in [2.05, 4.69) is 5.32 Å². The quantitative estimate of drug-likeness (QED) is 0.421. The summed E-state index contributed by atoms with van der Waals surface area (Å²) in [5, 5.41) is 2.95. The summed E-state index contributed by atoms with van der Waals surface area (Å²) in [6.07, 6.45) is 5.64. The van der Waals surface area contributed by atoms with Gasteiger partial charge in [0.25, 0.3) is 0 Å². The number of benzene rings is 1. The molecule has 2 amide bonds. The number of carbonyl (C=O) groups is 3. The van der Waals surface area contributed by atoms with E-state index in [1.807, 2.05) is 66.7 Å². The molecule has 2 aliphatic carbocycles. The van der Waals surface area contributed by atoms with Crippen molar-refractivity contribution in [2.45, 2.75) is 118 Å². The second kappa shape index (κ2) is 13.2. The van der Waals surface area contributed by atoms with Crippen molar-refractivity contribution in [3.8, 4) is 11.6 Å². The fourth-order valence-electron chi connectivity index (χ4n) is 8.10. The van der Waals surface area contributed by atoms with Crippen molar-refractivity contribution in [2.75, 3.05) is 13.2 Å². The monoisotopic (exact) mass is 648 g/mol. The van der Waals surface area contributed by atoms with E-state index in [0.29, 0.717) is 47.9 Å². The first kappa shape index (κ1) is 33.5.